The van der Waals surface area contributed by atoms with Gasteiger partial charge in [0.2, 0.25) is 10.0 Å². The van der Waals surface area contributed by atoms with Crippen LogP contribution in [0.15, 0.2) is 70.4 Å². The highest BCUT2D eigenvalue weighted by molar-refractivity contribution is 7.89. The molecule has 2 N–H and O–H groups in total. The summed E-state index contributed by atoms with van der Waals surface area (Å²) in [6.07, 6.45) is 7.83. The Kier molecular flexibility index (Phi) is 13.4. The van der Waals surface area contributed by atoms with E-state index in [4.69, 9.17) is 13.9 Å². The zero-order chi connectivity index (χ0) is 33.1. The van der Waals surface area contributed by atoms with Crippen LogP contribution in [0.3, 0.4) is 0 Å². The van der Waals surface area contributed by atoms with Gasteiger partial charge in [0.15, 0.2) is 0 Å². The van der Waals surface area contributed by atoms with Crippen LogP contribution >= 0.6 is 7.55 Å². The van der Waals surface area contributed by atoms with Crippen LogP contribution in [0.5, 0.6) is 5.75 Å². The molecule has 0 saturated heterocycles. The number of methoxy groups -OCH3 is 2. The van der Waals surface area contributed by atoms with E-state index in [1.807, 2.05) is 27.4 Å². The van der Waals surface area contributed by atoms with Crippen molar-refractivity contribution in [3.63, 3.8) is 0 Å². The van der Waals surface area contributed by atoms with E-state index in [9.17, 15) is 18.0 Å². The number of amides is 2. The molecule has 0 aliphatic heterocycles. The molecule has 0 aliphatic rings. The lowest BCUT2D eigenvalue weighted by atomic mass is 10.00. The molecule has 3 rings (SSSR count). The molecular formula is C33H45N3O7PS+. The molecule has 244 valence electrons. The van der Waals surface area contributed by atoms with Crippen molar-refractivity contribution >= 4 is 35.7 Å². The summed E-state index contributed by atoms with van der Waals surface area (Å²) in [4.78, 5) is 26.9. The van der Waals surface area contributed by atoms with Gasteiger partial charge in [0, 0.05) is 43.4 Å². The lowest BCUT2D eigenvalue weighted by molar-refractivity contribution is 0.0533. The average molecular weight is 659 g/mol. The van der Waals surface area contributed by atoms with E-state index in [-0.39, 0.29) is 35.4 Å². The quantitative estimate of drug-likeness (QED) is 0.193. The van der Waals surface area contributed by atoms with E-state index in [1.165, 1.54) is 36.9 Å². The van der Waals surface area contributed by atoms with Crippen molar-refractivity contribution in [1.29, 1.82) is 0 Å². The predicted molar refractivity (Wildman–Crippen MR) is 180 cm³/mol. The highest BCUT2D eigenvalue weighted by atomic mass is 32.2. The van der Waals surface area contributed by atoms with Gasteiger partial charge in [-0.3, -0.25) is 9.59 Å². The van der Waals surface area contributed by atoms with E-state index in [2.05, 4.69) is 16.9 Å². The second-order valence-electron chi connectivity index (χ2n) is 11.4. The minimum atomic E-state index is -3.90. The standard InChI is InChI=1S/C33H44N3O7PS/c1-8-14-34-32(37)26-16-25(24-13-15-43-21-24)17-27(18-26)33(38)35-30(22-44(6)7)31(42-5)20-36(19-23(2)3)45(39,40)29-11-9-28(41-4)10-12-29/h9-13,15-18,21,23,30-31H,6,8,14,19-20,22H2,1-5,7H3,(H-,34,35,37,38)/p+1. The smallest absolute Gasteiger partial charge is 0.251 e. The number of benzene rings is 2. The number of hydrogen-bond acceptors (Lipinski definition) is 7. The highest BCUT2D eigenvalue weighted by Gasteiger charge is 2.34. The van der Waals surface area contributed by atoms with Gasteiger partial charge in [0.1, 0.15) is 11.9 Å². The summed E-state index contributed by atoms with van der Waals surface area (Å²) >= 11 is 0. The van der Waals surface area contributed by atoms with Crippen LogP contribution in [0, 0.1) is 5.92 Å². The molecule has 0 radical (unpaired) electrons. The third-order valence-corrected chi connectivity index (χ3v) is 9.94. The summed E-state index contributed by atoms with van der Waals surface area (Å²) in [5, 5.41) is 5.94. The van der Waals surface area contributed by atoms with E-state index in [1.54, 1.807) is 42.7 Å². The Hall–Kier alpha value is -3.50. The monoisotopic (exact) mass is 658 g/mol. The molecule has 3 atom stereocenters. The van der Waals surface area contributed by atoms with Crippen LogP contribution in [-0.4, -0.2) is 89.7 Å². The first-order valence-corrected chi connectivity index (χ1v) is 18.4. The average Bonchev–Trinajstić information content (AvgIpc) is 3.56. The fourth-order valence-electron chi connectivity index (χ4n) is 4.81. The third kappa shape index (κ3) is 9.99. The van der Waals surface area contributed by atoms with E-state index in [0.717, 1.165) is 12.0 Å². The zero-order valence-corrected chi connectivity index (χ0v) is 28.6. The molecule has 0 bridgehead atoms. The molecule has 1 heterocycles. The summed E-state index contributed by atoms with van der Waals surface area (Å²) in [6, 6.07) is 12.4. The molecule has 12 heteroatoms. The summed E-state index contributed by atoms with van der Waals surface area (Å²) in [7, 11) is -1.63. The second kappa shape index (κ2) is 16.7. The molecule has 0 fully saturated rings. The minimum absolute atomic E-state index is 0.0108. The number of nitrogens with one attached hydrogen (secondary N) is 2. The normalized spacial score (nSPS) is 13.4. The molecule has 3 aromatic rings. The van der Waals surface area contributed by atoms with Crippen LogP contribution in [-0.2, 0) is 14.8 Å². The van der Waals surface area contributed by atoms with Gasteiger partial charge in [-0.15, -0.1) is 0 Å². The molecule has 0 aliphatic carbocycles. The zero-order valence-electron chi connectivity index (χ0n) is 26.9. The second-order valence-corrected chi connectivity index (χ2v) is 15.4. The number of rotatable bonds is 17. The van der Waals surface area contributed by atoms with E-state index in [0.29, 0.717) is 29.6 Å². The number of carbonyl (C=O) groups excluding carboxylic acids is 2. The molecule has 2 amide bonds. The number of furan rings is 1. The fraction of sp³-hybridized carbons (Fsp3) is 0.424. The van der Waals surface area contributed by atoms with Gasteiger partial charge >= 0.3 is 0 Å². The van der Waals surface area contributed by atoms with Crippen molar-refractivity contribution < 1.29 is 31.9 Å². The van der Waals surface area contributed by atoms with Crippen LogP contribution in [0.25, 0.3) is 11.1 Å². The Bertz CT molecular complexity index is 1540. The predicted octanol–water partition coefficient (Wildman–Crippen LogP) is 5.10. The van der Waals surface area contributed by atoms with Crippen LogP contribution in [0.1, 0.15) is 47.9 Å². The number of nitrogens with zero attached hydrogens (tertiary/aromatic N) is 1. The van der Waals surface area contributed by atoms with Crippen LogP contribution < -0.4 is 15.4 Å². The summed E-state index contributed by atoms with van der Waals surface area (Å²) in [5.74, 6) is -0.119. The van der Waals surface area contributed by atoms with Crippen molar-refractivity contribution in [3.8, 4) is 16.9 Å². The molecule has 3 unspecified atom stereocenters. The summed E-state index contributed by atoms with van der Waals surface area (Å²) < 4.78 is 45.4. The third-order valence-electron chi connectivity index (χ3n) is 7.07. The maximum Gasteiger partial charge on any atom is 0.251 e. The van der Waals surface area contributed by atoms with Gasteiger partial charge in [-0.05, 0) is 66.4 Å². The van der Waals surface area contributed by atoms with Crippen LogP contribution in [0.2, 0.25) is 0 Å². The summed E-state index contributed by atoms with van der Waals surface area (Å²) in [5.41, 5.74) is 2.00. The van der Waals surface area contributed by atoms with E-state index < -0.39 is 35.6 Å². The first-order valence-electron chi connectivity index (χ1n) is 14.8. The Morgan fingerprint density at radius 3 is 2.20 bits per heavy atom. The molecule has 1 aromatic heterocycles. The number of carbonyl (C=O) groups is 2. The largest absolute Gasteiger partial charge is 0.497 e. The van der Waals surface area contributed by atoms with E-state index >= 15 is 0 Å². The Morgan fingerprint density at radius 1 is 1.00 bits per heavy atom. The van der Waals surface area contributed by atoms with Gasteiger partial charge in [-0.1, -0.05) is 20.8 Å². The van der Waals surface area contributed by atoms with Gasteiger partial charge in [-0.2, -0.15) is 4.31 Å². The molecule has 0 saturated carbocycles. The van der Waals surface area contributed by atoms with Crippen molar-refractivity contribution in [3.05, 3.63) is 72.2 Å². The summed E-state index contributed by atoms with van der Waals surface area (Å²) in [6.45, 7) is 8.60. The molecule has 10 nitrogen and oxygen atoms in total. The SMILES string of the molecule is C=[P+](C)CC(NC(=O)c1cc(C(=O)NCCC)cc(-c2ccoc2)c1)C(CN(CC(C)C)S(=O)(=O)c1ccc(OC)cc1)OC. The fourth-order valence-corrected chi connectivity index (χ4v) is 7.42. The number of hydrogen-bond donors (Lipinski definition) is 2. The van der Waals surface area contributed by atoms with Crippen LogP contribution in [0.4, 0.5) is 0 Å². The Morgan fingerprint density at radius 2 is 1.67 bits per heavy atom. The van der Waals surface area contributed by atoms with Gasteiger partial charge < -0.3 is 24.5 Å². The molecule has 0 spiro atoms. The Labute approximate surface area is 267 Å². The molecule has 45 heavy (non-hydrogen) atoms. The minimum Gasteiger partial charge on any atom is -0.497 e. The van der Waals surface area contributed by atoms with Gasteiger partial charge in [0.25, 0.3) is 11.8 Å². The maximum atomic E-state index is 13.8. The lowest BCUT2D eigenvalue weighted by Crippen LogP contribution is -2.52. The first-order chi connectivity index (χ1) is 21.4. The van der Waals surface area contributed by atoms with Gasteiger partial charge in [-0.25, -0.2) is 8.42 Å². The Balaban J connectivity index is 1.95. The van der Waals surface area contributed by atoms with Crippen molar-refractivity contribution in [1.82, 2.24) is 14.9 Å². The van der Waals surface area contributed by atoms with Crippen molar-refractivity contribution in [2.24, 2.45) is 5.92 Å². The number of ether oxygens (including phenoxy) is 2. The van der Waals surface area contributed by atoms with Gasteiger partial charge in [0.05, 0.1) is 57.2 Å². The maximum absolute atomic E-state index is 13.8. The first kappa shape index (κ1) is 36.0. The van der Waals surface area contributed by atoms with Crippen molar-refractivity contribution in [2.75, 3.05) is 46.7 Å². The molecule has 2 aromatic carbocycles. The topological polar surface area (TPSA) is 127 Å². The lowest BCUT2D eigenvalue weighted by Gasteiger charge is -2.31. The highest BCUT2D eigenvalue weighted by Crippen LogP contribution is 2.26. The molecular weight excluding hydrogens is 613 g/mol. The number of sulfonamides is 1. The van der Waals surface area contributed by atoms with Crippen molar-refractivity contribution in [2.45, 2.75) is 44.2 Å².